The van der Waals surface area contributed by atoms with Crippen molar-refractivity contribution in [2.24, 2.45) is 0 Å². The van der Waals surface area contributed by atoms with Crippen LogP contribution in [0.2, 0.25) is 0 Å². The summed E-state index contributed by atoms with van der Waals surface area (Å²) >= 11 is 0. The van der Waals surface area contributed by atoms with Crippen molar-refractivity contribution in [3.8, 4) is 0 Å². The highest BCUT2D eigenvalue weighted by Gasteiger charge is 2.06. The van der Waals surface area contributed by atoms with Gasteiger partial charge >= 0.3 is 0 Å². The van der Waals surface area contributed by atoms with Crippen LogP contribution in [0.25, 0.3) is 0 Å². The normalized spacial score (nSPS) is 12.4. The van der Waals surface area contributed by atoms with E-state index in [4.69, 9.17) is 4.42 Å². The van der Waals surface area contributed by atoms with Crippen LogP contribution >= 0.6 is 0 Å². The van der Waals surface area contributed by atoms with E-state index in [1.807, 2.05) is 26.2 Å². The van der Waals surface area contributed by atoms with Gasteiger partial charge in [0.15, 0.2) is 0 Å². The Balaban J connectivity index is 1.90. The third kappa shape index (κ3) is 3.14. The summed E-state index contributed by atoms with van der Waals surface area (Å²) in [5, 5.41) is 3.44. The number of rotatable bonds is 5. The van der Waals surface area contributed by atoms with Crippen LogP contribution in [-0.2, 0) is 6.54 Å². The second-order valence-electron chi connectivity index (χ2n) is 4.68. The van der Waals surface area contributed by atoms with E-state index in [2.05, 4.69) is 41.4 Å². The number of benzene rings is 1. The van der Waals surface area contributed by atoms with Crippen molar-refractivity contribution in [1.29, 1.82) is 0 Å². The first-order valence-corrected chi connectivity index (χ1v) is 6.20. The van der Waals surface area contributed by atoms with E-state index < -0.39 is 0 Å². The molecule has 0 bridgehead atoms. The average molecular weight is 244 g/mol. The van der Waals surface area contributed by atoms with Crippen molar-refractivity contribution in [3.05, 3.63) is 54.0 Å². The van der Waals surface area contributed by atoms with Crippen LogP contribution < -0.4 is 10.2 Å². The fourth-order valence-electron chi connectivity index (χ4n) is 1.82. The Morgan fingerprint density at radius 2 is 1.89 bits per heavy atom. The van der Waals surface area contributed by atoms with E-state index in [1.54, 1.807) is 6.26 Å². The third-order valence-corrected chi connectivity index (χ3v) is 3.04. The molecular formula is C15H20N2O. The quantitative estimate of drug-likeness (QED) is 0.875. The molecule has 0 aliphatic heterocycles. The molecule has 18 heavy (non-hydrogen) atoms. The molecule has 1 atom stereocenters. The third-order valence-electron chi connectivity index (χ3n) is 3.04. The predicted octanol–water partition coefficient (Wildman–Crippen LogP) is 3.20. The summed E-state index contributed by atoms with van der Waals surface area (Å²) in [6.07, 6.45) is 1.71. The number of hydrogen-bond donors (Lipinski definition) is 1. The van der Waals surface area contributed by atoms with E-state index >= 15 is 0 Å². The standard InChI is InChI=1S/C15H20N2O/c1-12(15-5-4-10-18-15)16-11-13-6-8-14(9-7-13)17(2)3/h4-10,12,16H,11H2,1-3H3/t12-/m1/s1. The van der Waals surface area contributed by atoms with Gasteiger partial charge in [0.05, 0.1) is 12.3 Å². The molecule has 0 fully saturated rings. The minimum atomic E-state index is 0.230. The molecule has 2 rings (SSSR count). The molecule has 0 amide bonds. The van der Waals surface area contributed by atoms with Gasteiger partial charge in [0, 0.05) is 26.3 Å². The molecule has 0 saturated heterocycles. The maximum absolute atomic E-state index is 5.37. The Morgan fingerprint density at radius 3 is 2.44 bits per heavy atom. The molecule has 1 aromatic carbocycles. The molecular weight excluding hydrogens is 224 g/mol. The van der Waals surface area contributed by atoms with Crippen molar-refractivity contribution in [2.45, 2.75) is 19.5 Å². The number of furan rings is 1. The van der Waals surface area contributed by atoms with Crippen molar-refractivity contribution in [1.82, 2.24) is 5.32 Å². The lowest BCUT2D eigenvalue weighted by molar-refractivity contribution is 0.430. The highest BCUT2D eigenvalue weighted by Crippen LogP contribution is 2.15. The summed E-state index contributed by atoms with van der Waals surface area (Å²) in [4.78, 5) is 2.10. The lowest BCUT2D eigenvalue weighted by atomic mass is 10.2. The molecule has 0 aliphatic carbocycles. The topological polar surface area (TPSA) is 28.4 Å². The smallest absolute Gasteiger partial charge is 0.120 e. The Bertz CT molecular complexity index is 460. The Kier molecular flexibility index (Phi) is 4.05. The van der Waals surface area contributed by atoms with Crippen molar-refractivity contribution in [2.75, 3.05) is 19.0 Å². The lowest BCUT2D eigenvalue weighted by Crippen LogP contribution is -2.17. The lowest BCUT2D eigenvalue weighted by Gasteiger charge is -2.14. The molecule has 0 aliphatic rings. The first kappa shape index (κ1) is 12.7. The van der Waals surface area contributed by atoms with Crippen molar-refractivity contribution in [3.63, 3.8) is 0 Å². The minimum Gasteiger partial charge on any atom is -0.468 e. The summed E-state index contributed by atoms with van der Waals surface area (Å²) in [6, 6.07) is 12.7. The number of hydrogen-bond acceptors (Lipinski definition) is 3. The largest absolute Gasteiger partial charge is 0.468 e. The summed E-state index contributed by atoms with van der Waals surface area (Å²) in [7, 11) is 4.10. The van der Waals surface area contributed by atoms with Crippen LogP contribution in [0.3, 0.4) is 0 Å². The predicted molar refractivity (Wildman–Crippen MR) is 74.7 cm³/mol. The van der Waals surface area contributed by atoms with Gasteiger partial charge in [0.2, 0.25) is 0 Å². The van der Waals surface area contributed by atoms with Crippen molar-refractivity contribution < 1.29 is 4.42 Å². The molecule has 96 valence electrons. The van der Waals surface area contributed by atoms with Gasteiger partial charge in [-0.1, -0.05) is 12.1 Å². The highest BCUT2D eigenvalue weighted by atomic mass is 16.3. The fourth-order valence-corrected chi connectivity index (χ4v) is 1.82. The van der Waals surface area contributed by atoms with Crippen LogP contribution in [0, 0.1) is 0 Å². The zero-order valence-corrected chi connectivity index (χ0v) is 11.2. The van der Waals surface area contributed by atoms with Gasteiger partial charge in [-0.05, 0) is 36.8 Å². The SMILES string of the molecule is C[C@@H](NCc1ccc(N(C)C)cc1)c1ccco1. The van der Waals surface area contributed by atoms with Crippen LogP contribution in [0.5, 0.6) is 0 Å². The van der Waals surface area contributed by atoms with Crippen LogP contribution in [-0.4, -0.2) is 14.1 Å². The van der Waals surface area contributed by atoms with Crippen LogP contribution in [0.4, 0.5) is 5.69 Å². The highest BCUT2D eigenvalue weighted by molar-refractivity contribution is 5.45. The van der Waals surface area contributed by atoms with E-state index in [0.717, 1.165) is 12.3 Å². The van der Waals surface area contributed by atoms with Crippen LogP contribution in [0.1, 0.15) is 24.3 Å². The fraction of sp³-hybridized carbons (Fsp3) is 0.333. The second-order valence-corrected chi connectivity index (χ2v) is 4.68. The number of anilines is 1. The van der Waals surface area contributed by atoms with E-state index in [-0.39, 0.29) is 6.04 Å². The molecule has 1 aromatic heterocycles. The first-order chi connectivity index (χ1) is 8.66. The molecule has 0 radical (unpaired) electrons. The van der Waals surface area contributed by atoms with E-state index in [1.165, 1.54) is 11.3 Å². The van der Waals surface area contributed by atoms with E-state index in [0.29, 0.717) is 0 Å². The average Bonchev–Trinajstić information content (AvgIpc) is 2.90. The molecule has 1 N–H and O–H groups in total. The summed E-state index contributed by atoms with van der Waals surface area (Å²) in [6.45, 7) is 2.95. The Morgan fingerprint density at radius 1 is 1.17 bits per heavy atom. The molecule has 0 unspecified atom stereocenters. The summed E-state index contributed by atoms with van der Waals surface area (Å²) in [5.74, 6) is 0.972. The second kappa shape index (κ2) is 5.74. The molecule has 2 aromatic rings. The van der Waals surface area contributed by atoms with Gasteiger partial charge in [-0.25, -0.2) is 0 Å². The maximum atomic E-state index is 5.37. The maximum Gasteiger partial charge on any atom is 0.120 e. The Hall–Kier alpha value is -1.74. The molecule has 3 nitrogen and oxygen atoms in total. The Labute approximate surface area is 108 Å². The zero-order chi connectivity index (χ0) is 13.0. The van der Waals surface area contributed by atoms with Gasteiger partial charge in [-0.2, -0.15) is 0 Å². The summed E-state index contributed by atoms with van der Waals surface area (Å²) in [5.41, 5.74) is 2.50. The van der Waals surface area contributed by atoms with Crippen LogP contribution in [0.15, 0.2) is 47.1 Å². The van der Waals surface area contributed by atoms with Gasteiger partial charge in [-0.3, -0.25) is 0 Å². The molecule has 0 spiro atoms. The number of nitrogens with one attached hydrogen (secondary N) is 1. The van der Waals surface area contributed by atoms with E-state index in [9.17, 15) is 0 Å². The minimum absolute atomic E-state index is 0.230. The zero-order valence-electron chi connectivity index (χ0n) is 11.2. The van der Waals surface area contributed by atoms with Crippen molar-refractivity contribution >= 4 is 5.69 Å². The van der Waals surface area contributed by atoms with Gasteiger partial charge < -0.3 is 14.6 Å². The summed E-state index contributed by atoms with van der Waals surface area (Å²) < 4.78 is 5.37. The monoisotopic (exact) mass is 244 g/mol. The van der Waals surface area contributed by atoms with Gasteiger partial charge in [0.25, 0.3) is 0 Å². The first-order valence-electron chi connectivity index (χ1n) is 6.20. The molecule has 0 saturated carbocycles. The van der Waals surface area contributed by atoms with Gasteiger partial charge in [0.1, 0.15) is 5.76 Å². The van der Waals surface area contributed by atoms with Gasteiger partial charge in [-0.15, -0.1) is 0 Å². The molecule has 1 heterocycles. The molecule has 3 heteroatoms. The number of nitrogens with zero attached hydrogens (tertiary/aromatic N) is 1.